The van der Waals surface area contributed by atoms with Crippen LogP contribution in [0.1, 0.15) is 20.7 Å². The molecule has 3 N–H and O–H groups in total. The fourth-order valence-electron chi connectivity index (χ4n) is 3.51. The molecule has 0 aliphatic heterocycles. The van der Waals surface area contributed by atoms with Gasteiger partial charge in [0, 0.05) is 22.1 Å². The van der Waals surface area contributed by atoms with E-state index >= 15 is 0 Å². The lowest BCUT2D eigenvalue weighted by Gasteiger charge is -2.17. The van der Waals surface area contributed by atoms with Crippen molar-refractivity contribution >= 4 is 47.7 Å². The topological polar surface area (TPSA) is 121 Å². The normalized spacial score (nSPS) is 9.77. The van der Waals surface area contributed by atoms with E-state index in [2.05, 4.69) is 5.32 Å². The summed E-state index contributed by atoms with van der Waals surface area (Å²) in [5.74, 6) is -3.35. The van der Waals surface area contributed by atoms with Gasteiger partial charge in [-0.3, -0.25) is 0 Å². The van der Waals surface area contributed by atoms with Crippen LogP contribution in [-0.2, 0) is 9.59 Å². The molecule has 178 valence electrons. The molecule has 7 nitrogen and oxygen atoms in total. The van der Waals surface area contributed by atoms with E-state index in [1.165, 1.54) is 72.8 Å². The molecule has 0 amide bonds. The molecular formula is C26H19F2NO6. The number of hydrogen-bond acceptors (Lipinski definition) is 5. The molecule has 9 heteroatoms. The molecule has 0 saturated carbocycles. The van der Waals surface area contributed by atoms with E-state index in [1.807, 2.05) is 13.6 Å². The predicted molar refractivity (Wildman–Crippen MR) is 127 cm³/mol. The summed E-state index contributed by atoms with van der Waals surface area (Å²) in [6.45, 7) is 4.00. The van der Waals surface area contributed by atoms with Gasteiger partial charge in [0.2, 0.25) is 0 Å². The van der Waals surface area contributed by atoms with Crippen molar-refractivity contribution in [1.29, 1.82) is 0 Å². The Kier molecular flexibility index (Phi) is 8.88. The van der Waals surface area contributed by atoms with Gasteiger partial charge in [0.15, 0.2) is 0 Å². The van der Waals surface area contributed by atoms with Crippen molar-refractivity contribution in [1.82, 2.24) is 0 Å². The third-order valence-electron chi connectivity index (χ3n) is 4.90. The van der Waals surface area contributed by atoms with Gasteiger partial charge in [0.1, 0.15) is 25.2 Å². The molecule has 4 rings (SSSR count). The van der Waals surface area contributed by atoms with Crippen LogP contribution in [0.5, 0.6) is 0 Å². The quantitative estimate of drug-likeness (QED) is 0.343. The van der Waals surface area contributed by atoms with Gasteiger partial charge in [0.25, 0.3) is 0 Å². The zero-order valence-corrected chi connectivity index (χ0v) is 18.1. The van der Waals surface area contributed by atoms with Gasteiger partial charge in [-0.15, -0.1) is 0 Å². The molecule has 0 heterocycles. The van der Waals surface area contributed by atoms with Crippen LogP contribution in [0.4, 0.5) is 20.2 Å². The van der Waals surface area contributed by atoms with E-state index in [-0.39, 0.29) is 21.9 Å². The van der Waals surface area contributed by atoms with E-state index in [4.69, 9.17) is 9.59 Å². The standard InChI is InChI=1S/C24H15F2NO4.2CH2O/c25-14-3-1-13(2-4-14)17-9-10-19(24(30)31)22-20(12-11-18(21(17)22)23(28)29)27-16-7-5-15(26)6-8-16;2*1-2/h1-12,27H,(H,28,29)(H,30,31);2*1H2. The number of carbonyl (C=O) groups excluding carboxylic acids is 2. The molecule has 0 aromatic heterocycles. The monoisotopic (exact) mass is 479 g/mol. The molecule has 35 heavy (non-hydrogen) atoms. The summed E-state index contributed by atoms with van der Waals surface area (Å²) in [6.07, 6.45) is 0. The molecule has 4 aromatic rings. The van der Waals surface area contributed by atoms with Gasteiger partial charge < -0.3 is 25.1 Å². The summed E-state index contributed by atoms with van der Waals surface area (Å²) < 4.78 is 26.7. The van der Waals surface area contributed by atoms with E-state index in [1.54, 1.807) is 0 Å². The van der Waals surface area contributed by atoms with Crippen LogP contribution in [0.15, 0.2) is 72.8 Å². The predicted octanol–water partition coefficient (Wildman–Crippen LogP) is 5.56. The van der Waals surface area contributed by atoms with Crippen LogP contribution in [0.25, 0.3) is 21.9 Å². The minimum Gasteiger partial charge on any atom is -0.478 e. The fraction of sp³-hybridized carbons (Fsp3) is 0. The Morgan fingerprint density at radius 3 is 1.60 bits per heavy atom. The van der Waals surface area contributed by atoms with Crippen molar-refractivity contribution in [2.24, 2.45) is 0 Å². The first-order valence-corrected chi connectivity index (χ1v) is 9.77. The van der Waals surface area contributed by atoms with Crippen LogP contribution >= 0.6 is 0 Å². The summed E-state index contributed by atoms with van der Waals surface area (Å²) in [4.78, 5) is 39.9. The first kappa shape index (κ1) is 26.3. The van der Waals surface area contributed by atoms with Gasteiger partial charge in [-0.25, -0.2) is 18.4 Å². The first-order chi connectivity index (χ1) is 16.8. The van der Waals surface area contributed by atoms with Crippen LogP contribution < -0.4 is 5.32 Å². The Morgan fingerprint density at radius 2 is 1.09 bits per heavy atom. The van der Waals surface area contributed by atoms with Crippen LogP contribution in [0.2, 0.25) is 0 Å². The Balaban J connectivity index is 0.00000103. The fourth-order valence-corrected chi connectivity index (χ4v) is 3.51. The molecule has 0 aliphatic rings. The van der Waals surface area contributed by atoms with E-state index in [0.29, 0.717) is 22.5 Å². The number of nitrogens with one attached hydrogen (secondary N) is 1. The SMILES string of the molecule is C=O.C=O.O=C(O)c1ccc(-c2ccc(F)cc2)c2c(C(=O)O)ccc(Nc3ccc(F)cc3)c12. The zero-order chi connectivity index (χ0) is 26.1. The first-order valence-electron chi connectivity index (χ1n) is 9.77. The van der Waals surface area contributed by atoms with E-state index in [9.17, 15) is 28.6 Å². The Morgan fingerprint density at radius 1 is 0.629 bits per heavy atom. The highest BCUT2D eigenvalue weighted by Crippen LogP contribution is 2.39. The highest BCUT2D eigenvalue weighted by molar-refractivity contribution is 6.19. The second-order valence-corrected chi connectivity index (χ2v) is 6.82. The second kappa shape index (κ2) is 11.8. The maximum absolute atomic E-state index is 13.4. The lowest BCUT2D eigenvalue weighted by atomic mass is 9.90. The molecule has 0 fully saturated rings. The number of halogens is 2. The maximum Gasteiger partial charge on any atom is 0.336 e. The number of hydrogen-bond donors (Lipinski definition) is 3. The van der Waals surface area contributed by atoms with Crippen molar-refractivity contribution in [2.45, 2.75) is 0 Å². The molecule has 0 unspecified atom stereocenters. The Bertz CT molecular complexity index is 1350. The smallest absolute Gasteiger partial charge is 0.336 e. The minimum absolute atomic E-state index is 0.0953. The molecule has 0 radical (unpaired) electrons. The van der Waals surface area contributed by atoms with Crippen LogP contribution in [-0.4, -0.2) is 35.7 Å². The van der Waals surface area contributed by atoms with E-state index in [0.717, 1.165) is 0 Å². The lowest BCUT2D eigenvalue weighted by Crippen LogP contribution is -2.06. The van der Waals surface area contributed by atoms with Gasteiger partial charge in [-0.2, -0.15) is 0 Å². The Labute approximate surface area is 198 Å². The van der Waals surface area contributed by atoms with Gasteiger partial charge in [0.05, 0.1) is 11.1 Å². The maximum atomic E-state index is 13.4. The number of rotatable bonds is 5. The number of anilines is 2. The lowest BCUT2D eigenvalue weighted by molar-refractivity contribution is -0.0987. The molecule has 0 spiro atoms. The number of aromatic carboxylic acids is 2. The number of benzene rings is 4. The van der Waals surface area contributed by atoms with Crippen molar-refractivity contribution in [2.75, 3.05) is 5.32 Å². The molecule has 0 atom stereocenters. The average Bonchev–Trinajstić information content (AvgIpc) is 2.87. The highest BCUT2D eigenvalue weighted by atomic mass is 19.1. The van der Waals surface area contributed by atoms with Crippen molar-refractivity contribution in [3.05, 3.63) is 95.6 Å². The highest BCUT2D eigenvalue weighted by Gasteiger charge is 2.21. The average molecular weight is 479 g/mol. The summed E-state index contributed by atoms with van der Waals surface area (Å²) >= 11 is 0. The number of carboxylic acids is 2. The number of carboxylic acid groups (broad SMARTS) is 2. The Hall–Kier alpha value is -4.92. The molecule has 0 bridgehead atoms. The van der Waals surface area contributed by atoms with Crippen molar-refractivity contribution < 1.29 is 38.2 Å². The minimum atomic E-state index is -1.24. The number of fused-ring (bicyclic) bond motifs is 1. The van der Waals surface area contributed by atoms with Gasteiger partial charge >= 0.3 is 11.9 Å². The summed E-state index contributed by atoms with van der Waals surface area (Å²) in [7, 11) is 0. The van der Waals surface area contributed by atoms with Crippen LogP contribution in [0, 0.1) is 11.6 Å². The largest absolute Gasteiger partial charge is 0.478 e. The summed E-state index contributed by atoms with van der Waals surface area (Å²) in [5, 5.41) is 23.0. The third-order valence-corrected chi connectivity index (χ3v) is 4.90. The molecule has 0 saturated heterocycles. The number of carbonyl (C=O) groups is 4. The van der Waals surface area contributed by atoms with Gasteiger partial charge in [-0.1, -0.05) is 18.2 Å². The summed E-state index contributed by atoms with van der Waals surface area (Å²) in [5.41, 5.74) is 1.61. The van der Waals surface area contributed by atoms with Gasteiger partial charge in [-0.05, 0) is 65.7 Å². The summed E-state index contributed by atoms with van der Waals surface area (Å²) in [6, 6.07) is 16.7. The second-order valence-electron chi connectivity index (χ2n) is 6.82. The third kappa shape index (κ3) is 5.72. The van der Waals surface area contributed by atoms with E-state index < -0.39 is 23.6 Å². The van der Waals surface area contributed by atoms with Crippen molar-refractivity contribution in [3.8, 4) is 11.1 Å². The molecule has 4 aromatic carbocycles. The van der Waals surface area contributed by atoms with Crippen molar-refractivity contribution in [3.63, 3.8) is 0 Å². The van der Waals surface area contributed by atoms with Crippen LogP contribution in [0.3, 0.4) is 0 Å². The zero-order valence-electron chi connectivity index (χ0n) is 18.1. The molecule has 0 aliphatic carbocycles. The molecular weight excluding hydrogens is 460 g/mol.